The molecule has 0 spiro atoms. The number of rotatable bonds is 8. The minimum absolute atomic E-state index is 0.0000813. The van der Waals surface area contributed by atoms with E-state index in [1.54, 1.807) is 24.1 Å². The topological polar surface area (TPSA) is 96.8 Å². The van der Waals surface area contributed by atoms with E-state index in [1.165, 1.54) is 19.5 Å². The van der Waals surface area contributed by atoms with E-state index in [9.17, 15) is 9.90 Å². The first-order valence-electron chi connectivity index (χ1n) is 9.27. The summed E-state index contributed by atoms with van der Waals surface area (Å²) in [6, 6.07) is 10.2. The molecular weight excluding hydrogens is 408 g/mol. The minimum Gasteiger partial charge on any atom is -0.506 e. The number of carbonyl (C=O) groups is 1. The molecule has 1 atom stereocenters. The number of aromatic nitrogens is 2. The van der Waals surface area contributed by atoms with Crippen LogP contribution in [0.3, 0.4) is 0 Å². The number of fused-ring (bicyclic) bond motifs is 1. The third-order valence-corrected chi connectivity index (χ3v) is 4.94. The van der Waals surface area contributed by atoms with Gasteiger partial charge in [-0.1, -0.05) is 17.7 Å². The van der Waals surface area contributed by atoms with Crippen LogP contribution >= 0.6 is 11.6 Å². The van der Waals surface area contributed by atoms with Crippen LogP contribution in [0, 0.1) is 0 Å². The smallest absolute Gasteiger partial charge is 0.248 e. The number of ether oxygens (including phenoxy) is 2. The largest absolute Gasteiger partial charge is 0.506 e. The minimum atomic E-state index is -0.167. The van der Waals surface area contributed by atoms with Gasteiger partial charge in [0.15, 0.2) is 0 Å². The first-order valence-corrected chi connectivity index (χ1v) is 9.65. The molecule has 3 aromatic rings. The first-order chi connectivity index (χ1) is 14.4. The number of benzene rings is 2. The van der Waals surface area contributed by atoms with Crippen LogP contribution in [-0.2, 0) is 9.53 Å². The third kappa shape index (κ3) is 4.90. The average molecular weight is 431 g/mol. The number of amides is 1. The fourth-order valence-corrected chi connectivity index (χ4v) is 2.99. The van der Waals surface area contributed by atoms with Crippen LogP contribution in [0.5, 0.6) is 11.5 Å². The van der Waals surface area contributed by atoms with Gasteiger partial charge >= 0.3 is 0 Å². The van der Waals surface area contributed by atoms with Crippen LogP contribution < -0.4 is 10.1 Å². The van der Waals surface area contributed by atoms with Gasteiger partial charge in [0.2, 0.25) is 5.91 Å². The number of halogens is 1. The maximum absolute atomic E-state index is 12.0. The van der Waals surface area contributed by atoms with Crippen molar-refractivity contribution in [1.82, 2.24) is 14.9 Å². The molecule has 1 heterocycles. The normalized spacial score (nSPS) is 11.9. The van der Waals surface area contributed by atoms with Crippen molar-refractivity contribution in [1.29, 1.82) is 0 Å². The molecular formula is C21H23ClN4O4. The standard InChI is InChI=1S/C21H23ClN4O4/c1-13(26(2)19(28)11-29-3)10-30-18-6-4-5-16-20(18)21(24-12-23-16)25-14-7-8-17(27)15(22)9-14/h4-9,12-13,27H,10-11H2,1-3H3,(H,23,24,25)/t13-/m0/s1. The second-order valence-corrected chi connectivity index (χ2v) is 7.17. The van der Waals surface area contributed by atoms with E-state index < -0.39 is 0 Å². The summed E-state index contributed by atoms with van der Waals surface area (Å²) in [4.78, 5) is 22.2. The zero-order valence-electron chi connectivity index (χ0n) is 16.9. The Morgan fingerprint density at radius 2 is 2.10 bits per heavy atom. The number of hydrogen-bond donors (Lipinski definition) is 2. The Bertz CT molecular complexity index is 1040. The molecule has 8 nitrogen and oxygen atoms in total. The molecule has 1 aromatic heterocycles. The fourth-order valence-electron chi connectivity index (χ4n) is 2.81. The van der Waals surface area contributed by atoms with Gasteiger partial charge in [0.05, 0.1) is 22.0 Å². The Balaban J connectivity index is 1.85. The van der Waals surface area contributed by atoms with Crippen molar-refractivity contribution in [2.75, 3.05) is 32.7 Å². The second-order valence-electron chi connectivity index (χ2n) is 6.76. The summed E-state index contributed by atoms with van der Waals surface area (Å²) in [5.74, 6) is 0.995. The van der Waals surface area contributed by atoms with Crippen molar-refractivity contribution in [2.24, 2.45) is 0 Å². The van der Waals surface area contributed by atoms with Crippen molar-refractivity contribution >= 4 is 39.9 Å². The fraction of sp³-hybridized carbons (Fsp3) is 0.286. The number of nitrogens with one attached hydrogen (secondary N) is 1. The van der Waals surface area contributed by atoms with Crippen molar-refractivity contribution in [2.45, 2.75) is 13.0 Å². The van der Waals surface area contributed by atoms with Crippen LogP contribution in [-0.4, -0.2) is 59.3 Å². The molecule has 2 aromatic carbocycles. The predicted octanol–water partition coefficient (Wildman–Crippen LogP) is 3.60. The molecule has 0 saturated carbocycles. The van der Waals surface area contributed by atoms with Gasteiger partial charge in [0.25, 0.3) is 0 Å². The highest BCUT2D eigenvalue weighted by Gasteiger charge is 2.17. The van der Waals surface area contributed by atoms with Crippen LogP contribution in [0.2, 0.25) is 5.02 Å². The van der Waals surface area contributed by atoms with Gasteiger partial charge in [-0.3, -0.25) is 4.79 Å². The van der Waals surface area contributed by atoms with Crippen molar-refractivity contribution in [3.05, 3.63) is 47.7 Å². The highest BCUT2D eigenvalue weighted by atomic mass is 35.5. The lowest BCUT2D eigenvalue weighted by molar-refractivity contribution is -0.136. The monoisotopic (exact) mass is 430 g/mol. The van der Waals surface area contributed by atoms with Gasteiger partial charge in [0.1, 0.15) is 36.9 Å². The highest BCUT2D eigenvalue weighted by Crippen LogP contribution is 2.33. The van der Waals surface area contributed by atoms with E-state index in [0.29, 0.717) is 28.2 Å². The van der Waals surface area contributed by atoms with Crippen molar-refractivity contribution < 1.29 is 19.4 Å². The number of hydrogen-bond acceptors (Lipinski definition) is 7. The molecule has 0 saturated heterocycles. The maximum Gasteiger partial charge on any atom is 0.248 e. The molecule has 1 amide bonds. The number of likely N-dealkylation sites (N-methyl/N-ethyl adjacent to an activating group) is 1. The number of phenols is 1. The lowest BCUT2D eigenvalue weighted by Gasteiger charge is -2.25. The van der Waals surface area contributed by atoms with E-state index in [-0.39, 0.29) is 35.9 Å². The lowest BCUT2D eigenvalue weighted by atomic mass is 10.2. The van der Waals surface area contributed by atoms with Gasteiger partial charge < -0.3 is 24.8 Å². The zero-order chi connectivity index (χ0) is 21.7. The van der Waals surface area contributed by atoms with E-state index in [2.05, 4.69) is 15.3 Å². The Morgan fingerprint density at radius 3 is 2.83 bits per heavy atom. The SMILES string of the molecule is COCC(=O)N(C)[C@@H](C)COc1cccc2ncnc(Nc3ccc(O)c(Cl)c3)c12. The number of anilines is 2. The molecule has 158 valence electrons. The Kier molecular flexibility index (Phi) is 6.91. The summed E-state index contributed by atoms with van der Waals surface area (Å²) >= 11 is 6.00. The summed E-state index contributed by atoms with van der Waals surface area (Å²) in [6.07, 6.45) is 1.45. The molecule has 0 aliphatic rings. The van der Waals surface area contributed by atoms with Crippen molar-refractivity contribution in [3.8, 4) is 11.5 Å². The molecule has 9 heteroatoms. The number of carbonyl (C=O) groups excluding carboxylic acids is 1. The zero-order valence-corrected chi connectivity index (χ0v) is 17.7. The molecule has 0 aliphatic heterocycles. The van der Waals surface area contributed by atoms with Gasteiger partial charge in [0, 0.05) is 19.8 Å². The van der Waals surface area contributed by atoms with Gasteiger partial charge in [-0.25, -0.2) is 9.97 Å². The number of methoxy groups -OCH3 is 1. The first kappa shape index (κ1) is 21.6. The maximum atomic E-state index is 12.0. The summed E-state index contributed by atoms with van der Waals surface area (Å²) in [6.45, 7) is 2.20. The van der Waals surface area contributed by atoms with Crippen molar-refractivity contribution in [3.63, 3.8) is 0 Å². The Labute approximate surface area is 179 Å². The highest BCUT2D eigenvalue weighted by molar-refractivity contribution is 6.32. The lowest BCUT2D eigenvalue weighted by Crippen LogP contribution is -2.40. The second kappa shape index (κ2) is 9.60. The molecule has 0 bridgehead atoms. The number of phenolic OH excluding ortho intramolecular Hbond substituents is 1. The number of nitrogens with zero attached hydrogens (tertiary/aromatic N) is 3. The quantitative estimate of drug-likeness (QED) is 0.527. The number of aromatic hydroxyl groups is 1. The molecule has 0 aliphatic carbocycles. The molecule has 3 rings (SSSR count). The van der Waals surface area contributed by atoms with Crippen LogP contribution in [0.1, 0.15) is 6.92 Å². The third-order valence-electron chi connectivity index (χ3n) is 4.64. The summed E-state index contributed by atoms with van der Waals surface area (Å²) in [5.41, 5.74) is 1.36. The average Bonchev–Trinajstić information content (AvgIpc) is 2.74. The molecule has 0 fully saturated rings. The summed E-state index contributed by atoms with van der Waals surface area (Å²) in [7, 11) is 3.20. The Hall–Kier alpha value is -3.10. The summed E-state index contributed by atoms with van der Waals surface area (Å²) in [5, 5.41) is 13.7. The van der Waals surface area contributed by atoms with Crippen LogP contribution in [0.25, 0.3) is 10.9 Å². The summed E-state index contributed by atoms with van der Waals surface area (Å²) < 4.78 is 10.9. The van der Waals surface area contributed by atoms with E-state index in [1.807, 2.05) is 25.1 Å². The van der Waals surface area contributed by atoms with Gasteiger partial charge in [-0.2, -0.15) is 0 Å². The van der Waals surface area contributed by atoms with Gasteiger partial charge in [-0.15, -0.1) is 0 Å². The molecule has 0 radical (unpaired) electrons. The molecule has 2 N–H and O–H groups in total. The molecule has 0 unspecified atom stereocenters. The predicted molar refractivity (Wildman–Crippen MR) is 116 cm³/mol. The van der Waals surface area contributed by atoms with E-state index in [0.717, 1.165) is 0 Å². The van der Waals surface area contributed by atoms with Gasteiger partial charge in [-0.05, 0) is 37.3 Å². The molecule has 30 heavy (non-hydrogen) atoms. The van der Waals surface area contributed by atoms with E-state index in [4.69, 9.17) is 21.1 Å². The Morgan fingerprint density at radius 1 is 1.30 bits per heavy atom. The van der Waals surface area contributed by atoms with Crippen LogP contribution in [0.15, 0.2) is 42.7 Å². The van der Waals surface area contributed by atoms with E-state index >= 15 is 0 Å². The van der Waals surface area contributed by atoms with Crippen LogP contribution in [0.4, 0.5) is 11.5 Å².